The van der Waals surface area contributed by atoms with Crippen molar-refractivity contribution in [1.29, 1.82) is 0 Å². The van der Waals surface area contributed by atoms with Crippen LogP contribution >= 0.6 is 0 Å². The summed E-state index contributed by atoms with van der Waals surface area (Å²) >= 11 is 0. The molecule has 1 saturated heterocycles. The van der Waals surface area contributed by atoms with Crippen molar-refractivity contribution in [2.45, 2.75) is 37.9 Å². The van der Waals surface area contributed by atoms with Crippen LogP contribution in [0.15, 0.2) is 0 Å². The molecule has 1 rings (SSSR count). The Morgan fingerprint density at radius 2 is 2.14 bits per heavy atom. The van der Waals surface area contributed by atoms with Gasteiger partial charge in [0.15, 0.2) is 15.6 Å². The second kappa shape index (κ2) is 4.61. The van der Waals surface area contributed by atoms with Crippen molar-refractivity contribution in [3.63, 3.8) is 0 Å². The lowest BCUT2D eigenvalue weighted by molar-refractivity contribution is -0.117. The fourth-order valence-corrected chi connectivity index (χ4v) is 3.51. The summed E-state index contributed by atoms with van der Waals surface area (Å²) in [5.74, 6) is 5.14. The van der Waals surface area contributed by atoms with Crippen LogP contribution in [0.3, 0.4) is 0 Å². The van der Waals surface area contributed by atoms with E-state index in [-0.39, 0.29) is 18.0 Å². The van der Waals surface area contributed by atoms with Gasteiger partial charge in [-0.1, -0.05) is 12.3 Å². The van der Waals surface area contributed by atoms with Crippen LogP contribution in [0.4, 0.5) is 0 Å². The summed E-state index contributed by atoms with van der Waals surface area (Å²) in [7, 11) is -3.17. The Labute approximate surface area is 84.8 Å². The summed E-state index contributed by atoms with van der Waals surface area (Å²) in [5.41, 5.74) is 0. The van der Waals surface area contributed by atoms with E-state index in [9.17, 15) is 13.2 Å². The Morgan fingerprint density at radius 3 is 2.71 bits per heavy atom. The van der Waals surface area contributed by atoms with Gasteiger partial charge < -0.3 is 0 Å². The number of ketones is 1. The fourth-order valence-electron chi connectivity index (χ4n) is 1.61. The van der Waals surface area contributed by atoms with Crippen molar-refractivity contribution in [2.75, 3.05) is 5.75 Å². The molecule has 0 aromatic carbocycles. The summed E-state index contributed by atoms with van der Waals surface area (Å²) in [6.07, 6.45) is 2.06. The van der Waals surface area contributed by atoms with Crippen LogP contribution < -0.4 is 0 Å². The maximum atomic E-state index is 11.5. The van der Waals surface area contributed by atoms with Gasteiger partial charge in [0.05, 0.1) is 12.2 Å². The maximum Gasteiger partial charge on any atom is 0.162 e. The van der Waals surface area contributed by atoms with Crippen molar-refractivity contribution in [3.05, 3.63) is 0 Å². The zero-order valence-electron chi connectivity index (χ0n) is 8.25. The van der Waals surface area contributed by atoms with Gasteiger partial charge in [-0.15, -0.1) is 5.92 Å². The monoisotopic (exact) mass is 214 g/mol. The van der Waals surface area contributed by atoms with E-state index < -0.39 is 15.1 Å². The second-order valence-corrected chi connectivity index (χ2v) is 5.72. The third-order valence-corrected chi connectivity index (χ3v) is 4.60. The zero-order chi connectivity index (χ0) is 10.6. The molecule has 1 fully saturated rings. The molecule has 1 aliphatic rings. The van der Waals surface area contributed by atoms with E-state index in [4.69, 9.17) is 0 Å². The molecule has 4 heteroatoms. The van der Waals surface area contributed by atoms with Crippen LogP contribution in [0, 0.1) is 11.8 Å². The lowest BCUT2D eigenvalue weighted by atomic mass is 10.1. The number of Topliss-reactive ketones (excluding diaryl/α,β-unsaturated/α-hetero) is 1. The molecular formula is C10H14O3S. The van der Waals surface area contributed by atoms with E-state index in [1.807, 2.05) is 0 Å². The number of hydrogen-bond donors (Lipinski definition) is 0. The molecule has 1 heterocycles. The Kier molecular flexibility index (Phi) is 3.70. The number of hydrogen-bond acceptors (Lipinski definition) is 3. The minimum atomic E-state index is -3.17. The molecule has 1 atom stereocenters. The van der Waals surface area contributed by atoms with Gasteiger partial charge in [0.25, 0.3) is 0 Å². The van der Waals surface area contributed by atoms with E-state index in [0.29, 0.717) is 12.8 Å². The van der Waals surface area contributed by atoms with Gasteiger partial charge in [-0.25, -0.2) is 8.42 Å². The lowest BCUT2D eigenvalue weighted by Gasteiger charge is -2.19. The Hall–Kier alpha value is -0.820. The summed E-state index contributed by atoms with van der Waals surface area (Å²) in [6, 6.07) is 0. The molecule has 0 radical (unpaired) electrons. The highest BCUT2D eigenvalue weighted by atomic mass is 32.2. The van der Waals surface area contributed by atoms with E-state index in [1.165, 1.54) is 0 Å². The molecule has 0 aromatic heterocycles. The lowest BCUT2D eigenvalue weighted by Crippen LogP contribution is -2.35. The Bertz CT molecular complexity index is 370. The zero-order valence-corrected chi connectivity index (χ0v) is 9.06. The predicted octanol–water partition coefficient (Wildman–Crippen LogP) is 0.936. The summed E-state index contributed by atoms with van der Waals surface area (Å²) in [4.78, 5) is 11.5. The van der Waals surface area contributed by atoms with E-state index in [1.54, 1.807) is 6.92 Å². The largest absolute Gasteiger partial charge is 0.297 e. The topological polar surface area (TPSA) is 51.2 Å². The quantitative estimate of drug-likeness (QED) is 0.643. The third kappa shape index (κ3) is 2.58. The SMILES string of the molecule is CC#CCC(=O)C1CCCCS1(=O)=O. The van der Waals surface area contributed by atoms with Crippen LogP contribution in [-0.4, -0.2) is 25.2 Å². The molecular weight excluding hydrogens is 200 g/mol. The second-order valence-electron chi connectivity index (χ2n) is 3.42. The minimum Gasteiger partial charge on any atom is -0.297 e. The van der Waals surface area contributed by atoms with Crippen molar-refractivity contribution in [1.82, 2.24) is 0 Å². The van der Waals surface area contributed by atoms with Crippen molar-refractivity contribution in [2.24, 2.45) is 0 Å². The highest BCUT2D eigenvalue weighted by molar-refractivity contribution is 7.92. The molecule has 0 bridgehead atoms. The number of carbonyl (C=O) groups excluding carboxylic acids is 1. The average molecular weight is 214 g/mol. The molecule has 1 aliphatic heterocycles. The molecule has 0 saturated carbocycles. The molecule has 0 aromatic rings. The van der Waals surface area contributed by atoms with Crippen LogP contribution in [-0.2, 0) is 14.6 Å². The van der Waals surface area contributed by atoms with E-state index in [2.05, 4.69) is 11.8 Å². The summed E-state index contributed by atoms with van der Waals surface area (Å²) in [5, 5.41) is -0.780. The average Bonchev–Trinajstić information content (AvgIpc) is 2.13. The van der Waals surface area contributed by atoms with Gasteiger partial charge in [0.1, 0.15) is 5.25 Å². The molecule has 0 amide bonds. The van der Waals surface area contributed by atoms with Crippen LogP contribution in [0.2, 0.25) is 0 Å². The van der Waals surface area contributed by atoms with Gasteiger partial charge in [0.2, 0.25) is 0 Å². The van der Waals surface area contributed by atoms with E-state index >= 15 is 0 Å². The molecule has 0 aliphatic carbocycles. The van der Waals surface area contributed by atoms with Gasteiger partial charge in [-0.05, 0) is 19.8 Å². The molecule has 3 nitrogen and oxygen atoms in total. The number of sulfone groups is 1. The van der Waals surface area contributed by atoms with Crippen molar-refractivity contribution < 1.29 is 13.2 Å². The molecule has 0 N–H and O–H groups in total. The van der Waals surface area contributed by atoms with Crippen LogP contribution in [0.5, 0.6) is 0 Å². The first kappa shape index (κ1) is 11.3. The van der Waals surface area contributed by atoms with Gasteiger partial charge in [0, 0.05) is 0 Å². The highest BCUT2D eigenvalue weighted by Gasteiger charge is 2.33. The number of carbonyl (C=O) groups is 1. The first-order valence-electron chi connectivity index (χ1n) is 4.72. The summed E-state index contributed by atoms with van der Waals surface area (Å²) in [6.45, 7) is 1.64. The van der Waals surface area contributed by atoms with Crippen molar-refractivity contribution in [3.8, 4) is 11.8 Å². The standard InChI is InChI=1S/C10H14O3S/c1-2-3-6-9(11)10-7-4-5-8-14(10,12)13/h10H,4-8H2,1H3. The molecule has 0 spiro atoms. The smallest absolute Gasteiger partial charge is 0.162 e. The minimum absolute atomic E-state index is 0.0698. The normalized spacial score (nSPS) is 24.8. The molecule has 78 valence electrons. The first-order chi connectivity index (χ1) is 6.58. The molecule has 1 unspecified atom stereocenters. The van der Waals surface area contributed by atoms with Crippen LogP contribution in [0.25, 0.3) is 0 Å². The fraction of sp³-hybridized carbons (Fsp3) is 0.700. The first-order valence-corrected chi connectivity index (χ1v) is 6.43. The van der Waals surface area contributed by atoms with E-state index in [0.717, 1.165) is 6.42 Å². The van der Waals surface area contributed by atoms with Gasteiger partial charge in [-0.2, -0.15) is 0 Å². The van der Waals surface area contributed by atoms with Gasteiger partial charge in [-0.3, -0.25) is 4.79 Å². The Morgan fingerprint density at radius 1 is 1.43 bits per heavy atom. The Balaban J connectivity index is 2.73. The van der Waals surface area contributed by atoms with Crippen molar-refractivity contribution >= 4 is 15.6 Å². The van der Waals surface area contributed by atoms with Gasteiger partial charge >= 0.3 is 0 Å². The number of rotatable bonds is 2. The predicted molar refractivity (Wildman–Crippen MR) is 54.5 cm³/mol. The van der Waals surface area contributed by atoms with Crippen LogP contribution in [0.1, 0.15) is 32.6 Å². The summed E-state index contributed by atoms with van der Waals surface area (Å²) < 4.78 is 23.0. The maximum absolute atomic E-state index is 11.5. The third-order valence-electron chi connectivity index (χ3n) is 2.38. The molecule has 14 heavy (non-hydrogen) atoms. The highest BCUT2D eigenvalue weighted by Crippen LogP contribution is 2.20.